The highest BCUT2D eigenvalue weighted by Gasteiger charge is 2.37. The Morgan fingerprint density at radius 2 is 0.847 bits per heavy atom. The Morgan fingerprint density at radius 1 is 0.449 bits per heavy atom. The molecule has 1 unspecified atom stereocenters. The van der Waals surface area contributed by atoms with E-state index < -0.39 is 131 Å². The number of phenols is 1. The molecule has 0 radical (unpaired) electrons. The van der Waals surface area contributed by atoms with Crippen LogP contribution in [-0.4, -0.2) is 167 Å². The molecule has 3 aromatic carbocycles. The highest BCUT2D eigenvalue weighted by Crippen LogP contribution is 2.21. The van der Waals surface area contributed by atoms with Gasteiger partial charge in [0.2, 0.25) is 53.2 Å². The van der Waals surface area contributed by atoms with Gasteiger partial charge in [-0.05, 0) is 137 Å². The van der Waals surface area contributed by atoms with Gasteiger partial charge < -0.3 is 97.5 Å². The number of nitrogens with one attached hydrogen (secondary N) is 10. The monoisotopic (exact) mass is 1370 g/mol. The van der Waals surface area contributed by atoms with Gasteiger partial charge in [0.1, 0.15) is 60.1 Å². The molecule has 29 nitrogen and oxygen atoms in total. The minimum absolute atomic E-state index is 0.0364. The number of H-pyrrole nitrogens is 1. The van der Waals surface area contributed by atoms with Gasteiger partial charge in [0.25, 0.3) is 0 Å². The van der Waals surface area contributed by atoms with Gasteiger partial charge in [-0.1, -0.05) is 115 Å². The number of hydrogen-bond donors (Lipinski definition) is 18. The number of aromatic hydroxyl groups is 1. The van der Waals surface area contributed by atoms with Gasteiger partial charge in [-0.3, -0.25) is 48.1 Å². The zero-order chi connectivity index (χ0) is 72.3. The molecular formula is C69H107N17O12. The molecule has 1 aromatic heterocycles. The Hall–Kier alpha value is -9.19. The van der Waals surface area contributed by atoms with Crippen molar-refractivity contribution < 1.29 is 58.2 Å². The van der Waals surface area contributed by atoms with Gasteiger partial charge in [-0.2, -0.15) is 0 Å². The normalized spacial score (nSPS) is 14.4. The molecule has 9 amide bonds. The summed E-state index contributed by atoms with van der Waals surface area (Å²) in [5.41, 5.74) is 36.9. The van der Waals surface area contributed by atoms with Crippen LogP contribution >= 0.6 is 0 Å². The summed E-state index contributed by atoms with van der Waals surface area (Å²) in [6.45, 7) is 9.69. The Balaban J connectivity index is 1.64. The third-order valence-electron chi connectivity index (χ3n) is 16.7. The molecule has 24 N–H and O–H groups in total. The van der Waals surface area contributed by atoms with Crippen molar-refractivity contribution in [3.05, 3.63) is 102 Å². The number of benzene rings is 3. The molecule has 540 valence electrons. The average molecular weight is 1370 g/mol. The number of nitrogens with zero attached hydrogens (tertiary/aromatic N) is 1. The number of para-hydroxylation sites is 1. The number of aliphatic carboxylic acids is 1. The minimum Gasteiger partial charge on any atom is -0.508 e. The first-order valence-electron chi connectivity index (χ1n) is 34.0. The van der Waals surface area contributed by atoms with Crippen LogP contribution in [0, 0.1) is 11.8 Å². The fourth-order valence-corrected chi connectivity index (χ4v) is 10.9. The van der Waals surface area contributed by atoms with E-state index in [1.54, 1.807) is 76.4 Å². The largest absolute Gasteiger partial charge is 0.508 e. The van der Waals surface area contributed by atoms with Crippen LogP contribution in [-0.2, 0) is 67.2 Å². The number of phenolic OH excluding ortho intramolecular Hbond substituents is 1. The number of amides is 9. The van der Waals surface area contributed by atoms with Gasteiger partial charge >= 0.3 is 5.97 Å². The smallest absolute Gasteiger partial charge is 0.326 e. The summed E-state index contributed by atoms with van der Waals surface area (Å²) in [6, 6.07) is 9.15. The molecule has 98 heavy (non-hydrogen) atoms. The summed E-state index contributed by atoms with van der Waals surface area (Å²) in [5, 5.41) is 45.8. The fourth-order valence-electron chi connectivity index (χ4n) is 10.9. The summed E-state index contributed by atoms with van der Waals surface area (Å²) in [4.78, 5) is 150. The maximum absolute atomic E-state index is 14.9. The number of carboxylic acids is 1. The number of unbranched alkanes of at least 4 members (excludes halogenated alkanes) is 4. The van der Waals surface area contributed by atoms with E-state index in [0.29, 0.717) is 94.1 Å². The van der Waals surface area contributed by atoms with E-state index in [1.807, 2.05) is 31.2 Å². The number of hydrogen-bond acceptors (Lipinski definition) is 16. The van der Waals surface area contributed by atoms with Crippen molar-refractivity contribution in [3.8, 4) is 5.75 Å². The topological polar surface area (TPSA) is 504 Å². The fraction of sp³-hybridized carbons (Fsp3) is 0.551. The number of guanidine groups is 1. The van der Waals surface area contributed by atoms with Crippen LogP contribution in [0.15, 0.2) is 90.1 Å². The number of carboxylic acid groups (broad SMARTS) is 1. The summed E-state index contributed by atoms with van der Waals surface area (Å²) in [6.07, 6.45) is 6.27. The second-order valence-corrected chi connectivity index (χ2v) is 25.4. The number of aromatic amines is 1. The van der Waals surface area contributed by atoms with E-state index in [2.05, 4.69) is 57.8 Å². The average Bonchev–Trinajstić information content (AvgIpc) is 1.58. The highest BCUT2D eigenvalue weighted by atomic mass is 16.4. The number of carbonyl (C=O) groups is 10. The maximum Gasteiger partial charge on any atom is 0.326 e. The van der Waals surface area contributed by atoms with Gasteiger partial charge in [0.05, 0.1) is 6.04 Å². The maximum atomic E-state index is 14.9. The molecule has 0 spiro atoms. The number of carbonyl (C=O) groups excluding carboxylic acids is 9. The molecule has 10 atom stereocenters. The number of aliphatic imine (C=N–C) groups is 1. The number of rotatable bonds is 46. The lowest BCUT2D eigenvalue weighted by Gasteiger charge is -2.30. The predicted molar refractivity (Wildman–Crippen MR) is 375 cm³/mol. The van der Waals surface area contributed by atoms with E-state index >= 15 is 0 Å². The zero-order valence-corrected chi connectivity index (χ0v) is 57.2. The molecule has 29 heteroatoms. The molecule has 4 aromatic rings. The van der Waals surface area contributed by atoms with Crippen LogP contribution in [0.4, 0.5) is 0 Å². The van der Waals surface area contributed by atoms with Crippen LogP contribution in [0.25, 0.3) is 10.9 Å². The summed E-state index contributed by atoms with van der Waals surface area (Å²) in [5.74, 6) is -9.60. The quantitative estimate of drug-likeness (QED) is 0.0164. The highest BCUT2D eigenvalue weighted by molar-refractivity contribution is 5.99. The van der Waals surface area contributed by atoms with Crippen molar-refractivity contribution in [1.82, 2.24) is 52.8 Å². The first-order chi connectivity index (χ1) is 46.8. The molecule has 0 aliphatic carbocycles. The van der Waals surface area contributed by atoms with Crippen molar-refractivity contribution in [2.75, 3.05) is 26.2 Å². The Labute approximate surface area is 573 Å². The van der Waals surface area contributed by atoms with Crippen LogP contribution in [0.3, 0.4) is 0 Å². The molecule has 0 aliphatic heterocycles. The molecule has 0 saturated heterocycles. The van der Waals surface area contributed by atoms with Gasteiger partial charge in [0, 0.05) is 42.9 Å². The Bertz CT molecular complexity index is 3220. The molecular weight excluding hydrogens is 1260 g/mol. The van der Waals surface area contributed by atoms with Crippen molar-refractivity contribution in [3.63, 3.8) is 0 Å². The number of nitrogens with two attached hydrogens (primary N) is 6. The molecule has 0 fully saturated rings. The van der Waals surface area contributed by atoms with Crippen LogP contribution in [0.1, 0.15) is 141 Å². The summed E-state index contributed by atoms with van der Waals surface area (Å²) < 4.78 is 0. The van der Waals surface area contributed by atoms with E-state index in [1.165, 1.54) is 12.1 Å². The third-order valence-corrected chi connectivity index (χ3v) is 16.7. The van der Waals surface area contributed by atoms with E-state index in [4.69, 9.17) is 34.4 Å². The first-order valence-corrected chi connectivity index (χ1v) is 34.0. The second kappa shape index (κ2) is 43.2. The molecule has 4 rings (SSSR count). The molecule has 0 saturated carbocycles. The molecule has 1 heterocycles. The lowest BCUT2D eigenvalue weighted by atomic mass is 9.97. The van der Waals surface area contributed by atoms with Crippen LogP contribution in [0.5, 0.6) is 5.75 Å². The first kappa shape index (κ1) is 81.2. The summed E-state index contributed by atoms with van der Waals surface area (Å²) >= 11 is 0. The molecule has 0 bridgehead atoms. The predicted octanol–water partition coefficient (Wildman–Crippen LogP) is 0.619. The van der Waals surface area contributed by atoms with Crippen LogP contribution < -0.4 is 82.3 Å². The number of fused-ring (bicyclic) bond motifs is 1. The Morgan fingerprint density at radius 3 is 1.36 bits per heavy atom. The van der Waals surface area contributed by atoms with Gasteiger partial charge in [-0.15, -0.1) is 0 Å². The van der Waals surface area contributed by atoms with E-state index in [-0.39, 0.29) is 69.6 Å². The minimum atomic E-state index is -1.44. The molecule has 0 aliphatic rings. The van der Waals surface area contributed by atoms with Gasteiger partial charge in [-0.25, -0.2) is 4.79 Å². The van der Waals surface area contributed by atoms with Crippen LogP contribution in [0.2, 0.25) is 0 Å². The number of aromatic nitrogens is 1. The zero-order valence-electron chi connectivity index (χ0n) is 57.2. The lowest BCUT2D eigenvalue weighted by molar-refractivity contribution is -0.142. The SMILES string of the molecule is CCCCC(NC(=O)[C@@H](NC(=O)[C@@H](NC(=O)[C@H](Cc1ccc(O)cc1)NC(=O)[C@H](Cc1ccccc1)NC(=O)[C@H](CCCN=C(N)N)NC(=O)[C@H](N)CCCCN)C(C)C)C(C)C)C(=O)N[C@@H](Cc1c[nH]c2ccccc12)C(=O)N[C@@H](CCCCN)C(=O)N[C@H](CCCCN)C(=O)O. The van der Waals surface area contributed by atoms with Gasteiger partial charge in [0.15, 0.2) is 5.96 Å². The van der Waals surface area contributed by atoms with Crippen molar-refractivity contribution >= 4 is 76.0 Å². The van der Waals surface area contributed by atoms with E-state index in [9.17, 15) is 58.2 Å². The lowest BCUT2D eigenvalue weighted by Crippen LogP contribution is -2.62. The third kappa shape index (κ3) is 28.1. The van der Waals surface area contributed by atoms with Crippen molar-refractivity contribution in [1.29, 1.82) is 0 Å². The second-order valence-electron chi connectivity index (χ2n) is 25.4. The van der Waals surface area contributed by atoms with Crippen molar-refractivity contribution in [2.24, 2.45) is 51.2 Å². The summed E-state index contributed by atoms with van der Waals surface area (Å²) in [7, 11) is 0. The van der Waals surface area contributed by atoms with Crippen molar-refractivity contribution in [2.45, 2.75) is 204 Å². The van der Waals surface area contributed by atoms with E-state index in [0.717, 1.165) is 10.9 Å². The standard InChI is InChI=1S/C69H107N17O12/c1-6-7-24-50(61(90)84-56(39-45-40-77-49-25-12-11-22-47(45)49)64(93)79-51(26-14-17-34-71)60(89)81-53(68(97)98)27-15-18-35-72)80-66(95)57(41(2)3)86-67(96)58(42(4)5)85-65(94)55(38-44-29-31-46(87)32-30-44)83-63(92)54(37-43-20-9-8-10-21-43)82-62(91)52(28-19-36-76-69(74)75)78-59(88)48(73)23-13-16-33-70/h8-12,20-22,25,29-32,40-42,48,50-58,77,87H,6-7,13-19,23-24,26-28,33-39,70-73H2,1-5H3,(H,78,88)(H,79,93)(H,80,95)(H,81,89)(H,82,91)(H,83,92)(H,84,90)(H,85,94)(H,86,96)(H,97,98)(H4,74,75,76)/t48-,50?,51+,52+,53-,54+,55+,56+,57+,58+/m1/s1. The Kier molecular flexibility index (Phi) is 35.8.